The highest BCUT2D eigenvalue weighted by molar-refractivity contribution is 7.99. The Balaban J connectivity index is 2.32. The lowest BCUT2D eigenvalue weighted by molar-refractivity contribution is -0.126. The maximum Gasteiger partial charge on any atom is 0.262 e. The molecular weight excluding hydrogens is 328 g/mol. The number of carbonyl (C=O) groups is 2. The molecule has 2 rings (SSSR count). The minimum absolute atomic E-state index is 0.0319. The Morgan fingerprint density at radius 2 is 2.00 bits per heavy atom. The van der Waals surface area contributed by atoms with Gasteiger partial charge < -0.3 is 0 Å². The van der Waals surface area contributed by atoms with Gasteiger partial charge in [0.05, 0.1) is 16.7 Å². The molecule has 1 aromatic heterocycles. The van der Waals surface area contributed by atoms with E-state index in [1.54, 1.807) is 22.8 Å². The predicted octanol–water partition coefficient (Wildman–Crippen LogP) is 1.63. The summed E-state index contributed by atoms with van der Waals surface area (Å²) in [4.78, 5) is 39.9. The zero-order valence-electron chi connectivity index (χ0n) is 13.8. The molecule has 0 aliphatic carbocycles. The second-order valence-electron chi connectivity index (χ2n) is 5.36. The largest absolute Gasteiger partial charge is 0.284 e. The van der Waals surface area contributed by atoms with Gasteiger partial charge in [-0.15, -0.1) is 0 Å². The molecule has 0 aliphatic rings. The Hall–Kier alpha value is -2.35. The average Bonchev–Trinajstić information content (AvgIpc) is 2.57. The Morgan fingerprint density at radius 1 is 1.29 bits per heavy atom. The van der Waals surface area contributed by atoms with Crippen molar-refractivity contribution in [1.82, 2.24) is 20.4 Å². The fourth-order valence-corrected chi connectivity index (χ4v) is 3.02. The topological polar surface area (TPSA) is 93.1 Å². The van der Waals surface area contributed by atoms with E-state index < -0.39 is 0 Å². The number of benzene rings is 1. The zero-order valence-corrected chi connectivity index (χ0v) is 14.6. The summed E-state index contributed by atoms with van der Waals surface area (Å²) < 4.78 is 1.62. The summed E-state index contributed by atoms with van der Waals surface area (Å²) in [5.41, 5.74) is 5.01. The summed E-state index contributed by atoms with van der Waals surface area (Å²) in [7, 11) is 0. The van der Waals surface area contributed by atoms with Crippen LogP contribution >= 0.6 is 11.8 Å². The summed E-state index contributed by atoms with van der Waals surface area (Å²) in [5, 5.41) is 1.05. The molecule has 2 amide bonds. The highest BCUT2D eigenvalue weighted by Gasteiger charge is 2.16. The fourth-order valence-electron chi connectivity index (χ4n) is 2.12. The summed E-state index contributed by atoms with van der Waals surface area (Å²) in [6.45, 7) is 5.24. The van der Waals surface area contributed by atoms with E-state index in [0.29, 0.717) is 16.1 Å². The fraction of sp³-hybridized carbons (Fsp3) is 0.375. The molecule has 0 unspecified atom stereocenters. The van der Waals surface area contributed by atoms with Crippen LogP contribution in [0.2, 0.25) is 0 Å². The number of amides is 2. The first-order valence-electron chi connectivity index (χ1n) is 7.63. The van der Waals surface area contributed by atoms with Crippen LogP contribution in [0.3, 0.4) is 0 Å². The van der Waals surface area contributed by atoms with E-state index >= 15 is 0 Å². The minimum Gasteiger partial charge on any atom is -0.284 e. The Morgan fingerprint density at radius 3 is 2.67 bits per heavy atom. The average molecular weight is 348 g/mol. The minimum atomic E-state index is -0.367. The first kappa shape index (κ1) is 18.0. The lowest BCUT2D eigenvalue weighted by Crippen LogP contribution is -2.41. The highest BCUT2D eigenvalue weighted by atomic mass is 32.2. The van der Waals surface area contributed by atoms with E-state index in [1.165, 1.54) is 18.7 Å². The molecule has 0 saturated carbocycles. The molecule has 0 aliphatic heterocycles. The van der Waals surface area contributed by atoms with Gasteiger partial charge in [0, 0.05) is 13.0 Å². The van der Waals surface area contributed by atoms with Crippen molar-refractivity contribution in [2.75, 3.05) is 5.75 Å². The van der Waals surface area contributed by atoms with Crippen LogP contribution in [0.5, 0.6) is 0 Å². The molecule has 1 aromatic carbocycles. The number of aromatic nitrogens is 2. The molecule has 2 N–H and O–H groups in total. The van der Waals surface area contributed by atoms with Gasteiger partial charge in [0.15, 0.2) is 5.16 Å². The van der Waals surface area contributed by atoms with Crippen molar-refractivity contribution >= 4 is 34.5 Å². The van der Waals surface area contributed by atoms with Crippen molar-refractivity contribution in [3.63, 3.8) is 0 Å². The van der Waals surface area contributed by atoms with Crippen molar-refractivity contribution in [2.45, 2.75) is 38.4 Å². The molecule has 2 aromatic rings. The van der Waals surface area contributed by atoms with Crippen LogP contribution in [0.4, 0.5) is 0 Å². The second-order valence-corrected chi connectivity index (χ2v) is 6.30. The number of nitrogens with zero attached hydrogens (tertiary/aromatic N) is 2. The number of nitrogens with one attached hydrogen (secondary N) is 2. The molecule has 1 atom stereocenters. The predicted molar refractivity (Wildman–Crippen MR) is 93.7 cm³/mol. The van der Waals surface area contributed by atoms with Crippen molar-refractivity contribution in [3.8, 4) is 0 Å². The summed E-state index contributed by atoms with van der Waals surface area (Å²) in [5.74, 6) is -0.677. The summed E-state index contributed by atoms with van der Waals surface area (Å²) >= 11 is 1.17. The lowest BCUT2D eigenvalue weighted by Gasteiger charge is -2.18. The molecule has 0 spiro atoms. The maximum absolute atomic E-state index is 12.8. The van der Waals surface area contributed by atoms with Gasteiger partial charge in [0.2, 0.25) is 11.8 Å². The number of thioether (sulfide) groups is 1. The van der Waals surface area contributed by atoms with Gasteiger partial charge in [-0.25, -0.2) is 4.98 Å². The number of para-hydroxylation sites is 1. The van der Waals surface area contributed by atoms with Gasteiger partial charge in [0.1, 0.15) is 0 Å². The SMILES string of the molecule is CC[C@H](C)n1c(SCC(=O)NNC(C)=O)nc2ccccc2c1=O. The van der Waals surface area contributed by atoms with Crippen LogP contribution in [0.25, 0.3) is 10.9 Å². The van der Waals surface area contributed by atoms with Crippen LogP contribution in [0, 0.1) is 0 Å². The normalized spacial score (nSPS) is 12.0. The van der Waals surface area contributed by atoms with Crippen molar-refractivity contribution in [2.24, 2.45) is 0 Å². The van der Waals surface area contributed by atoms with Crippen LogP contribution in [-0.4, -0.2) is 27.1 Å². The van der Waals surface area contributed by atoms with Gasteiger partial charge in [-0.2, -0.15) is 0 Å². The first-order chi connectivity index (χ1) is 11.4. The third-order valence-electron chi connectivity index (χ3n) is 3.52. The number of rotatable bonds is 5. The quantitative estimate of drug-likeness (QED) is 0.487. The van der Waals surface area contributed by atoms with E-state index in [1.807, 2.05) is 19.9 Å². The molecule has 0 fully saturated rings. The van der Waals surface area contributed by atoms with Crippen LogP contribution in [-0.2, 0) is 9.59 Å². The maximum atomic E-state index is 12.8. The Kier molecular flexibility index (Phi) is 5.97. The van der Waals surface area contributed by atoms with E-state index in [0.717, 1.165) is 6.42 Å². The number of hydrogen-bond donors (Lipinski definition) is 2. The van der Waals surface area contributed by atoms with Gasteiger partial charge in [-0.1, -0.05) is 30.8 Å². The highest BCUT2D eigenvalue weighted by Crippen LogP contribution is 2.22. The molecule has 7 nitrogen and oxygen atoms in total. The van der Waals surface area contributed by atoms with Crippen LogP contribution in [0.1, 0.15) is 33.2 Å². The number of carbonyl (C=O) groups excluding carboxylic acids is 2. The Bertz CT molecular complexity index is 819. The molecule has 128 valence electrons. The van der Waals surface area contributed by atoms with Crippen LogP contribution < -0.4 is 16.4 Å². The molecule has 24 heavy (non-hydrogen) atoms. The molecule has 0 radical (unpaired) electrons. The number of hydrazine groups is 1. The number of hydrogen-bond acceptors (Lipinski definition) is 5. The third kappa shape index (κ3) is 4.14. The van der Waals surface area contributed by atoms with Gasteiger partial charge >= 0.3 is 0 Å². The Labute approximate surface area is 143 Å². The standard InChI is InChI=1S/C16H20N4O3S/c1-4-10(2)20-15(23)12-7-5-6-8-13(12)17-16(20)24-9-14(22)19-18-11(3)21/h5-8,10H,4,9H2,1-3H3,(H,18,21)(H,19,22)/t10-/m0/s1. The third-order valence-corrected chi connectivity index (χ3v) is 4.47. The monoisotopic (exact) mass is 348 g/mol. The first-order valence-corrected chi connectivity index (χ1v) is 8.62. The number of fused-ring (bicyclic) bond motifs is 1. The van der Waals surface area contributed by atoms with Crippen LogP contribution in [0.15, 0.2) is 34.2 Å². The smallest absolute Gasteiger partial charge is 0.262 e. The van der Waals surface area contributed by atoms with Gasteiger partial charge in [0.25, 0.3) is 5.56 Å². The molecule has 8 heteroatoms. The lowest BCUT2D eigenvalue weighted by atomic mass is 10.2. The summed E-state index contributed by atoms with van der Waals surface area (Å²) in [6, 6.07) is 7.12. The van der Waals surface area contributed by atoms with E-state index in [-0.39, 0.29) is 29.2 Å². The van der Waals surface area contributed by atoms with Gasteiger partial charge in [-0.3, -0.25) is 29.8 Å². The zero-order chi connectivity index (χ0) is 17.7. The van der Waals surface area contributed by atoms with E-state index in [9.17, 15) is 14.4 Å². The van der Waals surface area contributed by atoms with Crippen molar-refractivity contribution < 1.29 is 9.59 Å². The molecule has 1 heterocycles. The van der Waals surface area contributed by atoms with Crippen molar-refractivity contribution in [3.05, 3.63) is 34.6 Å². The summed E-state index contributed by atoms with van der Waals surface area (Å²) in [6.07, 6.45) is 0.769. The molecule has 0 saturated heterocycles. The van der Waals surface area contributed by atoms with E-state index in [4.69, 9.17) is 0 Å². The molecular formula is C16H20N4O3S. The second kappa shape index (κ2) is 7.96. The van der Waals surface area contributed by atoms with Crippen molar-refractivity contribution in [1.29, 1.82) is 0 Å². The van der Waals surface area contributed by atoms with Gasteiger partial charge in [-0.05, 0) is 25.5 Å². The molecule has 0 bridgehead atoms. The van der Waals surface area contributed by atoms with E-state index in [2.05, 4.69) is 15.8 Å².